The molecule has 90 valence electrons. The molecule has 18 heavy (non-hydrogen) atoms. The molecule has 2 aromatic carbocycles. The van der Waals surface area contributed by atoms with Gasteiger partial charge in [0.25, 0.3) is 0 Å². The fourth-order valence-electron chi connectivity index (χ4n) is 2.06. The zero-order valence-electron chi connectivity index (χ0n) is 10.3. The molecule has 2 rings (SSSR count). The number of carbonyl (C=O) groups excluding carboxylic acids is 1. The maximum Gasteiger partial charge on any atom is 0.162 e. The predicted molar refractivity (Wildman–Crippen MR) is 74.5 cm³/mol. The Balaban J connectivity index is 2.27. The van der Waals surface area contributed by atoms with Gasteiger partial charge in [0.05, 0.1) is 5.92 Å². The van der Waals surface area contributed by atoms with Crippen molar-refractivity contribution in [2.75, 3.05) is 0 Å². The normalized spacial score (nSPS) is 11.8. The van der Waals surface area contributed by atoms with Crippen molar-refractivity contribution in [2.24, 2.45) is 0 Å². The number of rotatable bonds is 5. The van der Waals surface area contributed by atoms with Crippen molar-refractivity contribution >= 4 is 5.78 Å². The SMILES string of the molecule is C=CC(=O)C(Cc1ccccc1)c1ccccc1. The van der Waals surface area contributed by atoms with Crippen LogP contribution in [0, 0.1) is 0 Å². The van der Waals surface area contributed by atoms with Crippen LogP contribution in [0.5, 0.6) is 0 Å². The maximum absolute atomic E-state index is 12.0. The van der Waals surface area contributed by atoms with Crippen molar-refractivity contribution in [3.63, 3.8) is 0 Å². The van der Waals surface area contributed by atoms with Crippen LogP contribution < -0.4 is 0 Å². The van der Waals surface area contributed by atoms with Gasteiger partial charge < -0.3 is 0 Å². The summed E-state index contributed by atoms with van der Waals surface area (Å²) in [6, 6.07) is 19.9. The Morgan fingerprint density at radius 3 is 2.11 bits per heavy atom. The summed E-state index contributed by atoms with van der Waals surface area (Å²) in [5, 5.41) is 0. The first kappa shape index (κ1) is 12.3. The minimum Gasteiger partial charge on any atom is -0.294 e. The zero-order valence-corrected chi connectivity index (χ0v) is 10.3. The Morgan fingerprint density at radius 1 is 1.00 bits per heavy atom. The van der Waals surface area contributed by atoms with E-state index in [4.69, 9.17) is 0 Å². The first-order valence-electron chi connectivity index (χ1n) is 6.06. The second-order valence-electron chi connectivity index (χ2n) is 4.26. The van der Waals surface area contributed by atoms with Gasteiger partial charge in [0.1, 0.15) is 0 Å². The van der Waals surface area contributed by atoms with Crippen LogP contribution >= 0.6 is 0 Å². The van der Waals surface area contributed by atoms with Gasteiger partial charge in [-0.25, -0.2) is 0 Å². The third kappa shape index (κ3) is 2.95. The largest absolute Gasteiger partial charge is 0.294 e. The molecule has 1 unspecified atom stereocenters. The molecule has 0 aliphatic rings. The second-order valence-corrected chi connectivity index (χ2v) is 4.26. The van der Waals surface area contributed by atoms with Crippen molar-refractivity contribution < 1.29 is 4.79 Å². The van der Waals surface area contributed by atoms with Gasteiger partial charge in [-0.1, -0.05) is 67.2 Å². The van der Waals surface area contributed by atoms with Crippen LogP contribution in [0.2, 0.25) is 0 Å². The minimum atomic E-state index is -0.133. The van der Waals surface area contributed by atoms with Crippen LogP contribution in [0.25, 0.3) is 0 Å². The summed E-state index contributed by atoms with van der Waals surface area (Å²) in [6.45, 7) is 3.60. The highest BCUT2D eigenvalue weighted by atomic mass is 16.1. The molecule has 0 bridgehead atoms. The second kappa shape index (κ2) is 5.97. The lowest BCUT2D eigenvalue weighted by atomic mass is 9.88. The Hall–Kier alpha value is -2.15. The highest BCUT2D eigenvalue weighted by Gasteiger charge is 2.18. The first-order chi connectivity index (χ1) is 8.81. The number of carbonyl (C=O) groups is 1. The lowest BCUT2D eigenvalue weighted by Gasteiger charge is -2.14. The van der Waals surface area contributed by atoms with Gasteiger partial charge in [0, 0.05) is 0 Å². The van der Waals surface area contributed by atoms with Gasteiger partial charge in [-0.05, 0) is 23.6 Å². The lowest BCUT2D eigenvalue weighted by molar-refractivity contribution is -0.115. The van der Waals surface area contributed by atoms with E-state index >= 15 is 0 Å². The van der Waals surface area contributed by atoms with E-state index in [0.29, 0.717) is 0 Å². The molecule has 0 saturated carbocycles. The number of ketones is 1. The third-order valence-electron chi connectivity index (χ3n) is 3.03. The molecule has 0 aromatic heterocycles. The van der Waals surface area contributed by atoms with Crippen molar-refractivity contribution in [3.05, 3.63) is 84.4 Å². The Kier molecular flexibility index (Phi) is 4.08. The number of benzene rings is 2. The topological polar surface area (TPSA) is 17.1 Å². The molecule has 1 nitrogen and oxygen atoms in total. The summed E-state index contributed by atoms with van der Waals surface area (Å²) >= 11 is 0. The molecule has 0 heterocycles. The summed E-state index contributed by atoms with van der Waals surface area (Å²) < 4.78 is 0. The minimum absolute atomic E-state index is 0.0741. The van der Waals surface area contributed by atoms with Crippen LogP contribution in [0.15, 0.2) is 73.3 Å². The fraction of sp³-hybridized carbons (Fsp3) is 0.118. The standard InChI is InChI=1S/C17H16O/c1-2-17(18)16(15-11-7-4-8-12-15)13-14-9-5-3-6-10-14/h2-12,16H,1,13H2. The quantitative estimate of drug-likeness (QED) is 0.722. The van der Waals surface area contributed by atoms with Crippen LogP contribution in [0.4, 0.5) is 0 Å². The molecule has 0 aliphatic carbocycles. The highest BCUT2D eigenvalue weighted by molar-refractivity contribution is 5.95. The van der Waals surface area contributed by atoms with Gasteiger partial charge in [0.15, 0.2) is 5.78 Å². The van der Waals surface area contributed by atoms with E-state index in [9.17, 15) is 4.79 Å². The molecular formula is C17H16O. The van der Waals surface area contributed by atoms with E-state index < -0.39 is 0 Å². The van der Waals surface area contributed by atoms with Crippen LogP contribution in [0.1, 0.15) is 17.0 Å². The molecule has 0 saturated heterocycles. The average Bonchev–Trinajstić information content (AvgIpc) is 2.46. The molecule has 1 heteroatoms. The molecule has 0 aliphatic heterocycles. The van der Waals surface area contributed by atoms with E-state index in [2.05, 4.69) is 6.58 Å². The summed E-state index contributed by atoms with van der Waals surface area (Å²) in [7, 11) is 0. The Morgan fingerprint density at radius 2 is 1.56 bits per heavy atom. The molecule has 0 fully saturated rings. The van der Waals surface area contributed by atoms with Gasteiger partial charge in [-0.15, -0.1) is 0 Å². The Bertz CT molecular complexity index is 514. The summed E-state index contributed by atoms with van der Waals surface area (Å²) in [4.78, 5) is 12.0. The van der Waals surface area contributed by atoms with E-state index in [-0.39, 0.29) is 11.7 Å². The number of hydrogen-bond acceptors (Lipinski definition) is 1. The smallest absolute Gasteiger partial charge is 0.162 e. The van der Waals surface area contributed by atoms with Crippen LogP contribution in [0.3, 0.4) is 0 Å². The van der Waals surface area contributed by atoms with E-state index in [1.807, 2.05) is 60.7 Å². The highest BCUT2D eigenvalue weighted by Crippen LogP contribution is 2.22. The summed E-state index contributed by atoms with van der Waals surface area (Å²) in [5.74, 6) is -0.0591. The lowest BCUT2D eigenvalue weighted by Crippen LogP contribution is -2.12. The van der Waals surface area contributed by atoms with Gasteiger partial charge in [-0.2, -0.15) is 0 Å². The Labute approximate surface area is 108 Å². The average molecular weight is 236 g/mol. The molecule has 0 amide bonds. The third-order valence-corrected chi connectivity index (χ3v) is 3.03. The van der Waals surface area contributed by atoms with Gasteiger partial charge >= 0.3 is 0 Å². The van der Waals surface area contributed by atoms with Gasteiger partial charge in [0.2, 0.25) is 0 Å². The number of allylic oxidation sites excluding steroid dienone is 1. The number of hydrogen-bond donors (Lipinski definition) is 0. The van der Waals surface area contributed by atoms with Crippen molar-refractivity contribution in [1.29, 1.82) is 0 Å². The summed E-state index contributed by atoms with van der Waals surface area (Å²) in [5.41, 5.74) is 2.22. The van der Waals surface area contributed by atoms with Crippen molar-refractivity contribution in [3.8, 4) is 0 Å². The molecule has 1 atom stereocenters. The molecular weight excluding hydrogens is 220 g/mol. The molecule has 0 spiro atoms. The zero-order chi connectivity index (χ0) is 12.8. The first-order valence-corrected chi connectivity index (χ1v) is 6.06. The fourth-order valence-corrected chi connectivity index (χ4v) is 2.06. The van der Waals surface area contributed by atoms with E-state index in [0.717, 1.165) is 12.0 Å². The monoisotopic (exact) mass is 236 g/mol. The summed E-state index contributed by atoms with van der Waals surface area (Å²) in [6.07, 6.45) is 2.14. The van der Waals surface area contributed by atoms with E-state index in [1.165, 1.54) is 11.6 Å². The molecule has 2 aromatic rings. The predicted octanol–water partition coefficient (Wildman–Crippen LogP) is 3.77. The van der Waals surface area contributed by atoms with Crippen LogP contribution in [-0.2, 0) is 11.2 Å². The van der Waals surface area contributed by atoms with Crippen molar-refractivity contribution in [2.45, 2.75) is 12.3 Å². The molecule has 0 N–H and O–H groups in total. The van der Waals surface area contributed by atoms with Crippen LogP contribution in [-0.4, -0.2) is 5.78 Å². The van der Waals surface area contributed by atoms with Crippen molar-refractivity contribution in [1.82, 2.24) is 0 Å². The maximum atomic E-state index is 12.0. The van der Waals surface area contributed by atoms with Gasteiger partial charge in [-0.3, -0.25) is 4.79 Å². The van der Waals surface area contributed by atoms with E-state index in [1.54, 1.807) is 0 Å². The molecule has 0 radical (unpaired) electrons.